The summed E-state index contributed by atoms with van der Waals surface area (Å²) in [4.78, 5) is 18.2. The van der Waals surface area contributed by atoms with Crippen LogP contribution in [0, 0.1) is 12.8 Å². The van der Waals surface area contributed by atoms with E-state index < -0.39 is 0 Å². The number of thiophene rings is 1. The highest BCUT2D eigenvalue weighted by Crippen LogP contribution is 2.31. The van der Waals surface area contributed by atoms with Gasteiger partial charge < -0.3 is 4.98 Å². The lowest BCUT2D eigenvalue weighted by Crippen LogP contribution is -2.13. The van der Waals surface area contributed by atoms with E-state index in [9.17, 15) is 4.79 Å². The number of H-pyrrole nitrogens is 1. The molecule has 2 heterocycles. The summed E-state index contributed by atoms with van der Waals surface area (Å²) in [5.41, 5.74) is 1.17. The fraction of sp³-hybridized carbons (Fsp3) is 0.588. The van der Waals surface area contributed by atoms with E-state index in [1.807, 2.05) is 0 Å². The van der Waals surface area contributed by atoms with Crippen LogP contribution in [0.5, 0.6) is 0 Å². The maximum Gasteiger partial charge on any atom is 0.175 e. The second-order valence-electron chi connectivity index (χ2n) is 6.11. The van der Waals surface area contributed by atoms with Gasteiger partial charge in [0.15, 0.2) is 5.78 Å². The van der Waals surface area contributed by atoms with Gasteiger partial charge in [-0.3, -0.25) is 4.79 Å². The summed E-state index contributed by atoms with van der Waals surface area (Å²) in [7, 11) is 0. The van der Waals surface area contributed by atoms with Crippen LogP contribution in [0.25, 0.3) is 10.2 Å². The molecule has 1 fully saturated rings. The van der Waals surface area contributed by atoms with Gasteiger partial charge in [0.05, 0.1) is 4.88 Å². The van der Waals surface area contributed by atoms with Crippen LogP contribution in [0.15, 0.2) is 12.1 Å². The summed E-state index contributed by atoms with van der Waals surface area (Å²) < 4.78 is 0. The van der Waals surface area contributed by atoms with Crippen LogP contribution in [0.2, 0.25) is 0 Å². The minimum Gasteiger partial charge on any atom is -0.350 e. The lowest BCUT2D eigenvalue weighted by atomic mass is 9.92. The molecule has 2 nitrogen and oxygen atoms in total. The number of hydrogen-bond donors (Lipinski definition) is 1. The lowest BCUT2D eigenvalue weighted by Gasteiger charge is -2.13. The Labute approximate surface area is 124 Å². The second kappa shape index (κ2) is 6.13. The first-order valence-corrected chi connectivity index (χ1v) is 8.69. The molecule has 0 unspecified atom stereocenters. The highest BCUT2D eigenvalue weighted by atomic mass is 32.1. The molecule has 1 aliphatic carbocycles. The molecule has 0 aromatic carbocycles. The first-order valence-electron chi connectivity index (χ1n) is 7.87. The van der Waals surface area contributed by atoms with Crippen LogP contribution < -0.4 is 0 Å². The normalized spacial score (nSPS) is 18.6. The molecule has 3 rings (SSSR count). The third-order valence-corrected chi connectivity index (χ3v) is 5.49. The summed E-state index contributed by atoms with van der Waals surface area (Å²) >= 11 is 1.63. The molecule has 1 saturated carbocycles. The summed E-state index contributed by atoms with van der Waals surface area (Å²) in [5, 5.41) is 1.19. The molecule has 20 heavy (non-hydrogen) atoms. The molecule has 0 bridgehead atoms. The van der Waals surface area contributed by atoms with Gasteiger partial charge in [0.25, 0.3) is 0 Å². The zero-order chi connectivity index (χ0) is 13.9. The molecule has 108 valence electrons. The number of aromatic nitrogens is 1. The zero-order valence-corrected chi connectivity index (χ0v) is 13.0. The van der Waals surface area contributed by atoms with Crippen LogP contribution in [0.3, 0.4) is 0 Å². The standard InChI is InChI=1S/C17H23NOS/c1-12-10-14-11-15(20-17(14)18-12)16(19)13-8-6-4-2-3-5-7-9-13/h10-11,13,18H,2-9H2,1H3. The number of hydrogen-bond acceptors (Lipinski definition) is 2. The fourth-order valence-electron chi connectivity index (χ4n) is 3.28. The van der Waals surface area contributed by atoms with Crippen molar-refractivity contribution < 1.29 is 4.79 Å². The molecule has 2 aromatic heterocycles. The average Bonchev–Trinajstić information content (AvgIpc) is 2.98. The largest absolute Gasteiger partial charge is 0.350 e. The van der Waals surface area contributed by atoms with Crippen molar-refractivity contribution in [3.8, 4) is 0 Å². The van der Waals surface area contributed by atoms with Crippen molar-refractivity contribution in [1.82, 2.24) is 4.98 Å². The summed E-state index contributed by atoms with van der Waals surface area (Å²) in [5.74, 6) is 0.649. The molecule has 0 atom stereocenters. The number of nitrogens with one attached hydrogen (secondary N) is 1. The van der Waals surface area contributed by atoms with Crippen LogP contribution >= 0.6 is 11.3 Å². The summed E-state index contributed by atoms with van der Waals surface area (Å²) in [6.07, 6.45) is 9.91. The Bertz CT molecular complexity index is 554. The Morgan fingerprint density at radius 1 is 1.10 bits per heavy atom. The van der Waals surface area contributed by atoms with Gasteiger partial charge in [-0.2, -0.15) is 0 Å². The SMILES string of the molecule is Cc1cc2cc(C(=O)C3CCCCCCCC3)sc2[nH]1. The van der Waals surface area contributed by atoms with Gasteiger partial charge in [-0.1, -0.05) is 38.5 Å². The number of Topliss-reactive ketones (excluding diaryl/α,β-unsaturated/α-hetero) is 1. The van der Waals surface area contributed by atoms with E-state index in [0.717, 1.165) is 22.5 Å². The van der Waals surface area contributed by atoms with E-state index in [0.29, 0.717) is 5.78 Å². The van der Waals surface area contributed by atoms with E-state index in [2.05, 4.69) is 24.0 Å². The predicted molar refractivity (Wildman–Crippen MR) is 85.7 cm³/mol. The molecule has 1 aliphatic rings. The molecule has 0 aliphatic heterocycles. The highest BCUT2D eigenvalue weighted by molar-refractivity contribution is 7.20. The molecule has 0 saturated heterocycles. The van der Waals surface area contributed by atoms with Crippen molar-refractivity contribution in [2.45, 2.75) is 58.3 Å². The minimum atomic E-state index is 0.261. The predicted octanol–water partition coefficient (Wildman–Crippen LogP) is 5.47. The van der Waals surface area contributed by atoms with Crippen molar-refractivity contribution in [2.24, 2.45) is 5.92 Å². The molecule has 0 radical (unpaired) electrons. The topological polar surface area (TPSA) is 32.9 Å². The van der Waals surface area contributed by atoms with Gasteiger partial charge >= 0.3 is 0 Å². The van der Waals surface area contributed by atoms with E-state index in [4.69, 9.17) is 0 Å². The zero-order valence-electron chi connectivity index (χ0n) is 12.2. The van der Waals surface area contributed by atoms with Gasteiger partial charge in [0.2, 0.25) is 0 Å². The van der Waals surface area contributed by atoms with Crippen LogP contribution in [0.1, 0.15) is 66.7 Å². The smallest absolute Gasteiger partial charge is 0.175 e. The van der Waals surface area contributed by atoms with Crippen molar-refractivity contribution in [2.75, 3.05) is 0 Å². The van der Waals surface area contributed by atoms with Gasteiger partial charge in [-0.25, -0.2) is 0 Å². The van der Waals surface area contributed by atoms with Gasteiger partial charge in [0.1, 0.15) is 4.83 Å². The van der Waals surface area contributed by atoms with Gasteiger partial charge in [-0.15, -0.1) is 11.3 Å². The Morgan fingerprint density at radius 3 is 2.40 bits per heavy atom. The third kappa shape index (κ3) is 2.98. The Balaban J connectivity index is 1.76. The van der Waals surface area contributed by atoms with E-state index in [-0.39, 0.29) is 5.92 Å². The molecule has 0 amide bonds. The van der Waals surface area contributed by atoms with Crippen LogP contribution in [0.4, 0.5) is 0 Å². The molecular formula is C17H23NOS. The summed E-state index contributed by atoms with van der Waals surface area (Å²) in [6, 6.07) is 4.21. The van der Waals surface area contributed by atoms with Crippen molar-refractivity contribution in [3.63, 3.8) is 0 Å². The Kier molecular flexibility index (Phi) is 4.25. The molecule has 1 N–H and O–H groups in total. The Morgan fingerprint density at radius 2 is 1.75 bits per heavy atom. The molecule has 2 aromatic rings. The lowest BCUT2D eigenvalue weighted by molar-refractivity contribution is 0.0908. The van der Waals surface area contributed by atoms with E-state index in [1.54, 1.807) is 11.3 Å². The number of rotatable bonds is 2. The number of carbonyl (C=O) groups excluding carboxylic acids is 1. The van der Waals surface area contributed by atoms with Crippen molar-refractivity contribution in [3.05, 3.63) is 22.7 Å². The quantitative estimate of drug-likeness (QED) is 0.730. The van der Waals surface area contributed by atoms with Gasteiger partial charge in [0, 0.05) is 17.0 Å². The van der Waals surface area contributed by atoms with Crippen molar-refractivity contribution >= 4 is 27.3 Å². The van der Waals surface area contributed by atoms with Crippen molar-refractivity contribution in [1.29, 1.82) is 0 Å². The van der Waals surface area contributed by atoms with Crippen LogP contribution in [-0.4, -0.2) is 10.8 Å². The molecule has 0 spiro atoms. The molecule has 3 heteroatoms. The number of fused-ring (bicyclic) bond motifs is 1. The maximum atomic E-state index is 12.7. The second-order valence-corrected chi connectivity index (χ2v) is 7.16. The average molecular weight is 289 g/mol. The number of aromatic amines is 1. The highest BCUT2D eigenvalue weighted by Gasteiger charge is 2.22. The first kappa shape index (κ1) is 13.9. The molecular weight excluding hydrogens is 266 g/mol. The Hall–Kier alpha value is -1.09. The van der Waals surface area contributed by atoms with Gasteiger partial charge in [-0.05, 0) is 31.9 Å². The third-order valence-electron chi connectivity index (χ3n) is 4.41. The minimum absolute atomic E-state index is 0.261. The van der Waals surface area contributed by atoms with Crippen LogP contribution in [-0.2, 0) is 0 Å². The van der Waals surface area contributed by atoms with E-state index >= 15 is 0 Å². The van der Waals surface area contributed by atoms with E-state index in [1.165, 1.54) is 49.6 Å². The fourth-order valence-corrected chi connectivity index (χ4v) is 4.40. The maximum absolute atomic E-state index is 12.7. The number of aryl methyl sites for hydroxylation is 1. The first-order chi connectivity index (χ1) is 9.74. The summed E-state index contributed by atoms with van der Waals surface area (Å²) in [6.45, 7) is 2.06. The monoisotopic (exact) mass is 289 g/mol. The number of carbonyl (C=O) groups is 1. The number of ketones is 1.